The molecule has 0 aliphatic rings. The van der Waals surface area contributed by atoms with E-state index in [2.05, 4.69) is 25.7 Å². The lowest BCUT2D eigenvalue weighted by Crippen LogP contribution is -2.15. The molecule has 0 radical (unpaired) electrons. The fourth-order valence-corrected chi connectivity index (χ4v) is 3.03. The number of nitrogens with one attached hydrogen (secondary N) is 2. The second-order valence-electron chi connectivity index (χ2n) is 6.55. The summed E-state index contributed by atoms with van der Waals surface area (Å²) in [6.45, 7) is 0.431. The predicted molar refractivity (Wildman–Crippen MR) is 122 cm³/mol. The molecule has 4 aromatic rings. The Balaban J connectivity index is 1.38. The van der Waals surface area contributed by atoms with E-state index in [1.807, 2.05) is 54.6 Å². The Hall–Kier alpha value is -3.97. The molecule has 0 atom stereocenters. The zero-order valence-corrected chi connectivity index (χ0v) is 17.1. The van der Waals surface area contributed by atoms with Gasteiger partial charge in [-0.25, -0.2) is 5.43 Å². The van der Waals surface area contributed by atoms with Gasteiger partial charge in [-0.2, -0.15) is 5.10 Å². The number of hydrogen-bond donors (Lipinski definition) is 2. The molecule has 0 saturated heterocycles. The summed E-state index contributed by atoms with van der Waals surface area (Å²) in [5, 5.41) is 12.5. The van der Waals surface area contributed by atoms with E-state index in [1.54, 1.807) is 30.5 Å². The van der Waals surface area contributed by atoms with Gasteiger partial charge in [-0.15, -0.1) is 10.2 Å². The lowest BCUT2D eigenvalue weighted by atomic mass is 10.2. The summed E-state index contributed by atoms with van der Waals surface area (Å²) in [6, 6.07) is 24.3. The van der Waals surface area contributed by atoms with Crippen LogP contribution in [0.25, 0.3) is 11.3 Å². The standard InChI is InChI=1S/C23H18ClN5O2/c24-19-13-17(11-12-20(19)31-15-16-7-3-1-4-8-16)14-25-28-23-26-22(30)21(27-29-23)18-9-5-2-6-10-18/h1-14H,15H2,(H2,26,28,29,30)/b25-14+. The number of anilines is 1. The highest BCUT2D eigenvalue weighted by Gasteiger charge is 2.07. The third-order valence-corrected chi connectivity index (χ3v) is 4.62. The van der Waals surface area contributed by atoms with E-state index in [9.17, 15) is 4.79 Å². The Morgan fingerprint density at radius 2 is 1.74 bits per heavy atom. The Morgan fingerprint density at radius 1 is 1.00 bits per heavy atom. The van der Waals surface area contributed by atoms with Gasteiger partial charge in [0.15, 0.2) is 5.69 Å². The highest BCUT2D eigenvalue weighted by Crippen LogP contribution is 2.25. The van der Waals surface area contributed by atoms with Crippen LogP contribution in [0.4, 0.5) is 5.95 Å². The molecule has 0 bridgehead atoms. The number of hydrazone groups is 1. The molecule has 0 aliphatic heterocycles. The molecule has 0 aliphatic carbocycles. The molecule has 1 aromatic heterocycles. The van der Waals surface area contributed by atoms with Gasteiger partial charge in [-0.3, -0.25) is 9.78 Å². The van der Waals surface area contributed by atoms with Gasteiger partial charge in [0, 0.05) is 5.56 Å². The molecule has 154 valence electrons. The van der Waals surface area contributed by atoms with Crippen molar-refractivity contribution in [1.29, 1.82) is 0 Å². The zero-order valence-electron chi connectivity index (χ0n) is 16.3. The van der Waals surface area contributed by atoms with Crippen molar-refractivity contribution in [1.82, 2.24) is 15.2 Å². The Kier molecular flexibility index (Phi) is 6.35. The number of nitrogens with zero attached hydrogens (tertiary/aromatic N) is 3. The van der Waals surface area contributed by atoms with E-state index in [4.69, 9.17) is 16.3 Å². The molecule has 1 heterocycles. The van der Waals surface area contributed by atoms with Gasteiger partial charge >= 0.3 is 0 Å². The average Bonchev–Trinajstić information content (AvgIpc) is 2.80. The fourth-order valence-electron chi connectivity index (χ4n) is 2.79. The molecule has 0 unspecified atom stereocenters. The average molecular weight is 432 g/mol. The van der Waals surface area contributed by atoms with Crippen LogP contribution >= 0.6 is 11.6 Å². The smallest absolute Gasteiger partial charge is 0.279 e. The lowest BCUT2D eigenvalue weighted by Gasteiger charge is -2.08. The third-order valence-electron chi connectivity index (χ3n) is 4.32. The largest absolute Gasteiger partial charge is 0.487 e. The lowest BCUT2D eigenvalue weighted by molar-refractivity contribution is 0.306. The fraction of sp³-hybridized carbons (Fsp3) is 0.0435. The Labute approximate surface area is 183 Å². The zero-order chi connectivity index (χ0) is 21.5. The van der Waals surface area contributed by atoms with Crippen LogP contribution in [0, 0.1) is 0 Å². The van der Waals surface area contributed by atoms with Crippen molar-refractivity contribution in [3.05, 3.63) is 105 Å². The van der Waals surface area contributed by atoms with Crippen molar-refractivity contribution in [3.8, 4) is 17.0 Å². The Morgan fingerprint density at radius 3 is 2.45 bits per heavy atom. The maximum absolute atomic E-state index is 12.2. The van der Waals surface area contributed by atoms with E-state index in [1.165, 1.54) is 0 Å². The van der Waals surface area contributed by atoms with E-state index in [0.717, 1.165) is 11.1 Å². The number of aromatic nitrogens is 3. The van der Waals surface area contributed by atoms with Crippen LogP contribution in [-0.2, 0) is 6.61 Å². The van der Waals surface area contributed by atoms with Crippen molar-refractivity contribution in [3.63, 3.8) is 0 Å². The minimum atomic E-state index is -0.359. The number of aromatic amines is 1. The predicted octanol–water partition coefficient (Wildman–Crippen LogP) is 4.51. The monoisotopic (exact) mass is 431 g/mol. The van der Waals surface area contributed by atoms with Gasteiger partial charge < -0.3 is 4.74 Å². The van der Waals surface area contributed by atoms with Crippen molar-refractivity contribution in [2.45, 2.75) is 6.61 Å². The molecular weight excluding hydrogens is 414 g/mol. The topological polar surface area (TPSA) is 92.3 Å². The van der Waals surface area contributed by atoms with Gasteiger partial charge in [-0.1, -0.05) is 72.3 Å². The number of rotatable bonds is 7. The Bertz CT molecular complexity index is 1240. The second kappa shape index (κ2) is 9.69. The summed E-state index contributed by atoms with van der Waals surface area (Å²) in [7, 11) is 0. The molecule has 0 spiro atoms. The first-order chi connectivity index (χ1) is 15.2. The van der Waals surface area contributed by atoms with E-state index < -0.39 is 0 Å². The van der Waals surface area contributed by atoms with Crippen molar-refractivity contribution < 1.29 is 4.74 Å². The minimum absolute atomic E-state index is 0.134. The highest BCUT2D eigenvalue weighted by molar-refractivity contribution is 6.32. The molecular formula is C23H18ClN5O2. The van der Waals surface area contributed by atoms with Crippen molar-refractivity contribution in [2.75, 3.05) is 5.43 Å². The maximum Gasteiger partial charge on any atom is 0.279 e. The molecule has 2 N–H and O–H groups in total. The summed E-state index contributed by atoms with van der Waals surface area (Å²) in [5.41, 5.74) is 5.04. The first-order valence-corrected chi connectivity index (χ1v) is 9.84. The van der Waals surface area contributed by atoms with Gasteiger partial charge in [0.05, 0.1) is 11.2 Å². The molecule has 31 heavy (non-hydrogen) atoms. The molecule has 0 amide bonds. The van der Waals surface area contributed by atoms with Gasteiger partial charge in [0.1, 0.15) is 12.4 Å². The number of H-pyrrole nitrogens is 1. The summed E-state index contributed by atoms with van der Waals surface area (Å²) in [6.07, 6.45) is 1.55. The SMILES string of the molecule is O=c1[nH]c(N/N=C/c2ccc(OCc3ccccc3)c(Cl)c2)nnc1-c1ccccc1. The van der Waals surface area contributed by atoms with Crippen LogP contribution < -0.4 is 15.7 Å². The van der Waals surface area contributed by atoms with Crippen LogP contribution in [0.15, 0.2) is 88.8 Å². The minimum Gasteiger partial charge on any atom is -0.487 e. The van der Waals surface area contributed by atoms with Gasteiger partial charge in [-0.05, 0) is 29.3 Å². The molecule has 4 rings (SSSR count). The summed E-state index contributed by atoms with van der Waals surface area (Å²) in [5.74, 6) is 0.720. The van der Waals surface area contributed by atoms with Crippen LogP contribution in [-0.4, -0.2) is 21.4 Å². The second-order valence-corrected chi connectivity index (χ2v) is 6.96. The summed E-state index contributed by atoms with van der Waals surface area (Å²) >= 11 is 6.31. The number of halogens is 1. The first kappa shape index (κ1) is 20.3. The van der Waals surface area contributed by atoms with Crippen LogP contribution in [0.5, 0.6) is 5.75 Å². The molecule has 8 heteroatoms. The molecule has 3 aromatic carbocycles. The van der Waals surface area contributed by atoms with E-state index in [-0.39, 0.29) is 17.2 Å². The number of ether oxygens (including phenoxy) is 1. The van der Waals surface area contributed by atoms with Crippen LogP contribution in [0.3, 0.4) is 0 Å². The normalized spacial score (nSPS) is 10.9. The molecule has 7 nitrogen and oxygen atoms in total. The molecule has 0 fully saturated rings. The number of hydrogen-bond acceptors (Lipinski definition) is 6. The third kappa shape index (κ3) is 5.34. The summed E-state index contributed by atoms with van der Waals surface area (Å²) < 4.78 is 5.76. The maximum atomic E-state index is 12.2. The van der Waals surface area contributed by atoms with Crippen molar-refractivity contribution >= 4 is 23.8 Å². The van der Waals surface area contributed by atoms with E-state index in [0.29, 0.717) is 22.9 Å². The van der Waals surface area contributed by atoms with Crippen molar-refractivity contribution in [2.24, 2.45) is 5.10 Å². The number of benzene rings is 3. The first-order valence-electron chi connectivity index (χ1n) is 9.47. The van der Waals surface area contributed by atoms with Gasteiger partial charge in [0.2, 0.25) is 5.95 Å². The van der Waals surface area contributed by atoms with Crippen LogP contribution in [0.2, 0.25) is 5.02 Å². The van der Waals surface area contributed by atoms with E-state index >= 15 is 0 Å². The summed E-state index contributed by atoms with van der Waals surface area (Å²) in [4.78, 5) is 14.9. The highest BCUT2D eigenvalue weighted by atomic mass is 35.5. The quantitative estimate of drug-likeness (QED) is 0.332. The van der Waals surface area contributed by atoms with Crippen LogP contribution in [0.1, 0.15) is 11.1 Å². The molecule has 0 saturated carbocycles. The van der Waals surface area contributed by atoms with Gasteiger partial charge in [0.25, 0.3) is 5.56 Å².